The number of carbonyl (C=O) groups is 1. The molecule has 1 rings (SSSR count). The van der Waals surface area contributed by atoms with Crippen LogP contribution in [0.3, 0.4) is 0 Å². The molecule has 1 aromatic carbocycles. The quantitative estimate of drug-likeness (QED) is 0.847. The van der Waals surface area contributed by atoms with Crippen LogP contribution in [-0.4, -0.2) is 17.2 Å². The van der Waals surface area contributed by atoms with Gasteiger partial charge in [0, 0.05) is 5.33 Å². The van der Waals surface area contributed by atoms with E-state index in [-0.39, 0.29) is 0 Å². The van der Waals surface area contributed by atoms with Crippen molar-refractivity contribution in [1.29, 1.82) is 0 Å². The first-order chi connectivity index (χ1) is 7.58. The number of benzene rings is 1. The van der Waals surface area contributed by atoms with Crippen LogP contribution in [0, 0.1) is 0 Å². The third-order valence-electron chi connectivity index (χ3n) is 2.07. The number of alkyl halides is 1. The molecule has 0 saturated carbocycles. The van der Waals surface area contributed by atoms with E-state index in [9.17, 15) is 4.79 Å². The van der Waals surface area contributed by atoms with Gasteiger partial charge in [0.05, 0.1) is 5.02 Å². The van der Waals surface area contributed by atoms with Gasteiger partial charge < -0.3 is 9.84 Å². The van der Waals surface area contributed by atoms with Crippen molar-refractivity contribution in [3.63, 3.8) is 0 Å². The van der Waals surface area contributed by atoms with E-state index in [0.29, 0.717) is 22.5 Å². The Labute approximate surface area is 107 Å². The summed E-state index contributed by atoms with van der Waals surface area (Å²) in [6.07, 6.45) is -0.465. The van der Waals surface area contributed by atoms with E-state index in [1.807, 2.05) is 6.07 Å². The summed E-state index contributed by atoms with van der Waals surface area (Å²) in [5, 5.41) is 9.97. The molecule has 16 heavy (non-hydrogen) atoms. The van der Waals surface area contributed by atoms with Crippen molar-refractivity contribution in [2.75, 3.05) is 0 Å². The van der Waals surface area contributed by atoms with Gasteiger partial charge in [0.2, 0.25) is 0 Å². The van der Waals surface area contributed by atoms with Crippen molar-refractivity contribution in [3.8, 4) is 5.75 Å². The first-order valence-electron chi connectivity index (χ1n) is 4.82. The van der Waals surface area contributed by atoms with E-state index in [1.165, 1.54) is 0 Å². The van der Waals surface area contributed by atoms with Gasteiger partial charge in [-0.3, -0.25) is 0 Å². The van der Waals surface area contributed by atoms with E-state index < -0.39 is 12.1 Å². The Hall–Kier alpha value is -0.740. The Balaban J connectivity index is 2.90. The molecule has 0 bridgehead atoms. The van der Waals surface area contributed by atoms with Crippen LogP contribution < -0.4 is 4.74 Å². The molecular weight excluding hydrogens is 295 g/mol. The van der Waals surface area contributed by atoms with Gasteiger partial charge in [0.1, 0.15) is 5.75 Å². The molecule has 0 aliphatic carbocycles. The molecule has 1 N–H and O–H groups in total. The summed E-state index contributed by atoms with van der Waals surface area (Å²) in [4.78, 5) is 10.8. The van der Waals surface area contributed by atoms with Gasteiger partial charge in [0.25, 0.3) is 0 Å². The summed E-state index contributed by atoms with van der Waals surface area (Å²) in [6.45, 7) is 1.75. The topological polar surface area (TPSA) is 46.5 Å². The highest BCUT2D eigenvalue weighted by molar-refractivity contribution is 9.08. The Morgan fingerprint density at radius 3 is 2.81 bits per heavy atom. The van der Waals surface area contributed by atoms with Crippen LogP contribution in [0.25, 0.3) is 0 Å². The fourth-order valence-corrected chi connectivity index (χ4v) is 1.69. The molecule has 3 nitrogen and oxygen atoms in total. The lowest BCUT2D eigenvalue weighted by Crippen LogP contribution is -2.26. The van der Waals surface area contributed by atoms with Crippen molar-refractivity contribution in [1.82, 2.24) is 0 Å². The maximum atomic E-state index is 10.8. The lowest BCUT2D eigenvalue weighted by Gasteiger charge is -2.14. The molecule has 1 unspecified atom stereocenters. The molecule has 88 valence electrons. The number of aliphatic carboxylic acids is 1. The summed E-state index contributed by atoms with van der Waals surface area (Å²) >= 11 is 9.24. The number of ether oxygens (including phenoxy) is 1. The predicted molar refractivity (Wildman–Crippen MR) is 66.4 cm³/mol. The fraction of sp³-hybridized carbons (Fsp3) is 0.364. The first kappa shape index (κ1) is 13.3. The van der Waals surface area contributed by atoms with Gasteiger partial charge >= 0.3 is 5.97 Å². The number of carboxylic acid groups (broad SMARTS) is 1. The summed E-state index contributed by atoms with van der Waals surface area (Å²) in [5.41, 5.74) is 0.986. The van der Waals surface area contributed by atoms with Gasteiger partial charge in [-0.2, -0.15) is 0 Å². The zero-order chi connectivity index (χ0) is 12.1. The number of hydrogen-bond donors (Lipinski definition) is 1. The van der Waals surface area contributed by atoms with Crippen LogP contribution in [0.5, 0.6) is 5.75 Å². The molecular formula is C11H12BrClO3. The summed E-state index contributed by atoms with van der Waals surface area (Å²) < 4.78 is 5.35. The number of carboxylic acids is 1. The fourth-order valence-electron chi connectivity index (χ4n) is 1.18. The third kappa shape index (κ3) is 3.39. The Kier molecular flexibility index (Phi) is 5.09. The maximum Gasteiger partial charge on any atom is 0.344 e. The molecule has 5 heteroatoms. The molecule has 0 fully saturated rings. The molecule has 1 aromatic rings. The van der Waals surface area contributed by atoms with E-state index in [4.69, 9.17) is 21.4 Å². The minimum atomic E-state index is -0.984. The smallest absolute Gasteiger partial charge is 0.344 e. The standard InChI is InChI=1S/C11H12BrClO3/c1-2-9(11(14)15)16-10-5-7(6-12)3-4-8(10)13/h3-5,9H,2,6H2,1H3,(H,14,15). The second kappa shape index (κ2) is 6.11. The van der Waals surface area contributed by atoms with E-state index in [0.717, 1.165) is 5.56 Å². The van der Waals surface area contributed by atoms with Crippen molar-refractivity contribution in [2.45, 2.75) is 24.8 Å². The number of rotatable bonds is 5. The van der Waals surface area contributed by atoms with Crippen LogP contribution in [0.15, 0.2) is 18.2 Å². The van der Waals surface area contributed by atoms with Crippen molar-refractivity contribution in [2.24, 2.45) is 0 Å². The van der Waals surface area contributed by atoms with Crippen LogP contribution in [0.4, 0.5) is 0 Å². The Morgan fingerprint density at radius 2 is 2.31 bits per heavy atom. The molecule has 1 atom stereocenters. The molecule has 0 spiro atoms. The second-order valence-electron chi connectivity index (χ2n) is 3.25. The van der Waals surface area contributed by atoms with Crippen LogP contribution >= 0.6 is 27.5 Å². The van der Waals surface area contributed by atoms with Gasteiger partial charge in [-0.25, -0.2) is 4.79 Å². The molecule has 0 aliphatic heterocycles. The predicted octanol–water partition coefficient (Wildman–Crippen LogP) is 3.48. The van der Waals surface area contributed by atoms with Crippen molar-refractivity contribution >= 4 is 33.5 Å². The summed E-state index contributed by atoms with van der Waals surface area (Å²) in [5.74, 6) is -0.573. The molecule has 0 radical (unpaired) electrons. The highest BCUT2D eigenvalue weighted by Gasteiger charge is 2.18. The SMILES string of the molecule is CCC(Oc1cc(CBr)ccc1Cl)C(=O)O. The lowest BCUT2D eigenvalue weighted by atomic mass is 10.2. The van der Waals surface area contributed by atoms with Gasteiger partial charge in [-0.15, -0.1) is 0 Å². The Bertz CT molecular complexity index is 381. The van der Waals surface area contributed by atoms with Crippen molar-refractivity contribution in [3.05, 3.63) is 28.8 Å². The monoisotopic (exact) mass is 306 g/mol. The number of hydrogen-bond acceptors (Lipinski definition) is 2. The molecule has 0 aliphatic rings. The summed E-state index contributed by atoms with van der Waals surface area (Å²) in [7, 11) is 0. The van der Waals surface area contributed by atoms with Gasteiger partial charge in [-0.1, -0.05) is 40.5 Å². The highest BCUT2D eigenvalue weighted by atomic mass is 79.9. The molecule has 0 heterocycles. The number of halogens is 2. The van der Waals surface area contributed by atoms with Crippen molar-refractivity contribution < 1.29 is 14.6 Å². The zero-order valence-corrected chi connectivity index (χ0v) is 11.1. The molecule has 0 aromatic heterocycles. The molecule has 0 saturated heterocycles. The molecule has 0 amide bonds. The lowest BCUT2D eigenvalue weighted by molar-refractivity contribution is -0.145. The van der Waals surface area contributed by atoms with Gasteiger partial charge in [-0.05, 0) is 24.1 Å². The van der Waals surface area contributed by atoms with E-state index in [2.05, 4.69) is 15.9 Å². The minimum absolute atomic E-state index is 0.393. The maximum absolute atomic E-state index is 10.8. The van der Waals surface area contributed by atoms with Crippen LogP contribution in [0.2, 0.25) is 5.02 Å². The van der Waals surface area contributed by atoms with Crippen LogP contribution in [0.1, 0.15) is 18.9 Å². The highest BCUT2D eigenvalue weighted by Crippen LogP contribution is 2.27. The first-order valence-corrected chi connectivity index (χ1v) is 6.32. The zero-order valence-electron chi connectivity index (χ0n) is 8.74. The minimum Gasteiger partial charge on any atom is -0.479 e. The average Bonchev–Trinajstić information content (AvgIpc) is 2.27. The Morgan fingerprint density at radius 1 is 1.62 bits per heavy atom. The normalized spacial score (nSPS) is 12.2. The summed E-state index contributed by atoms with van der Waals surface area (Å²) in [6, 6.07) is 5.29. The van der Waals surface area contributed by atoms with E-state index >= 15 is 0 Å². The van der Waals surface area contributed by atoms with Gasteiger partial charge in [0.15, 0.2) is 6.10 Å². The van der Waals surface area contributed by atoms with E-state index in [1.54, 1.807) is 19.1 Å². The second-order valence-corrected chi connectivity index (χ2v) is 4.22. The van der Waals surface area contributed by atoms with Crippen LogP contribution in [-0.2, 0) is 10.1 Å². The average molecular weight is 308 g/mol. The third-order valence-corrected chi connectivity index (χ3v) is 3.03. The largest absolute Gasteiger partial charge is 0.479 e.